The molecular weight excluding hydrogens is 294 g/mol. The van der Waals surface area contributed by atoms with Crippen molar-refractivity contribution >= 4 is 16.9 Å². The highest BCUT2D eigenvalue weighted by Gasteiger charge is 2.23. The number of nitriles is 2. The van der Waals surface area contributed by atoms with E-state index in [9.17, 15) is 4.79 Å². The standard InChI is InChI=1S/C17H17N3O3/c1-12-14-11-13(22-2)5-6-15(14)23-16(12)17(21)20(9-3-7-18)10-4-8-19/h5-6,11H,3-4,9-10H2,1-2H3. The highest BCUT2D eigenvalue weighted by molar-refractivity contribution is 5.99. The maximum absolute atomic E-state index is 12.7. The van der Waals surface area contributed by atoms with Crippen molar-refractivity contribution in [3.05, 3.63) is 29.5 Å². The van der Waals surface area contributed by atoms with Crippen LogP contribution in [0.5, 0.6) is 5.75 Å². The molecule has 0 saturated carbocycles. The molecule has 0 saturated heterocycles. The minimum absolute atomic E-state index is 0.213. The number of aryl methyl sites for hydroxylation is 1. The fourth-order valence-corrected chi connectivity index (χ4v) is 2.36. The molecule has 0 fully saturated rings. The first kappa shape index (κ1) is 16.4. The number of benzene rings is 1. The molecule has 0 bridgehead atoms. The van der Waals surface area contributed by atoms with Crippen LogP contribution in [-0.4, -0.2) is 31.0 Å². The van der Waals surface area contributed by atoms with Crippen molar-refractivity contribution in [3.63, 3.8) is 0 Å². The number of fused-ring (bicyclic) bond motifs is 1. The van der Waals surface area contributed by atoms with Crippen molar-refractivity contribution in [1.82, 2.24) is 4.90 Å². The summed E-state index contributed by atoms with van der Waals surface area (Å²) >= 11 is 0. The average Bonchev–Trinajstić information content (AvgIpc) is 2.90. The Morgan fingerprint density at radius 1 is 1.26 bits per heavy atom. The van der Waals surface area contributed by atoms with Gasteiger partial charge in [0, 0.05) is 24.0 Å². The van der Waals surface area contributed by atoms with Gasteiger partial charge in [-0.25, -0.2) is 0 Å². The maximum atomic E-state index is 12.7. The van der Waals surface area contributed by atoms with Crippen molar-refractivity contribution in [2.45, 2.75) is 19.8 Å². The van der Waals surface area contributed by atoms with Crippen LogP contribution in [0.3, 0.4) is 0 Å². The van der Waals surface area contributed by atoms with Crippen LogP contribution >= 0.6 is 0 Å². The third kappa shape index (κ3) is 3.44. The lowest BCUT2D eigenvalue weighted by atomic mass is 10.1. The molecule has 1 aromatic heterocycles. The van der Waals surface area contributed by atoms with Gasteiger partial charge in [-0.2, -0.15) is 10.5 Å². The number of furan rings is 1. The van der Waals surface area contributed by atoms with E-state index in [-0.39, 0.29) is 37.6 Å². The van der Waals surface area contributed by atoms with Crippen LogP contribution < -0.4 is 4.74 Å². The van der Waals surface area contributed by atoms with Gasteiger partial charge in [-0.3, -0.25) is 4.79 Å². The van der Waals surface area contributed by atoms with E-state index in [0.717, 1.165) is 10.9 Å². The zero-order valence-electron chi connectivity index (χ0n) is 13.1. The predicted molar refractivity (Wildman–Crippen MR) is 83.9 cm³/mol. The van der Waals surface area contributed by atoms with Crippen LogP contribution in [0.1, 0.15) is 29.0 Å². The Balaban J connectivity index is 2.36. The van der Waals surface area contributed by atoms with Gasteiger partial charge >= 0.3 is 0 Å². The number of nitrogens with zero attached hydrogens (tertiary/aromatic N) is 3. The number of carbonyl (C=O) groups is 1. The number of hydrogen-bond acceptors (Lipinski definition) is 5. The van der Waals surface area contributed by atoms with Crippen LogP contribution in [0.15, 0.2) is 22.6 Å². The average molecular weight is 311 g/mol. The van der Waals surface area contributed by atoms with E-state index in [1.807, 2.05) is 25.1 Å². The number of methoxy groups -OCH3 is 1. The molecule has 23 heavy (non-hydrogen) atoms. The molecule has 0 N–H and O–H groups in total. The zero-order valence-corrected chi connectivity index (χ0v) is 13.1. The molecule has 0 spiro atoms. The minimum atomic E-state index is -0.303. The van der Waals surface area contributed by atoms with Gasteiger partial charge in [-0.15, -0.1) is 0 Å². The molecule has 0 aliphatic heterocycles. The van der Waals surface area contributed by atoms with Gasteiger partial charge in [0.2, 0.25) is 0 Å². The van der Waals surface area contributed by atoms with E-state index in [1.54, 1.807) is 19.2 Å². The maximum Gasteiger partial charge on any atom is 0.289 e. The van der Waals surface area contributed by atoms with E-state index >= 15 is 0 Å². The molecule has 0 radical (unpaired) electrons. The lowest BCUT2D eigenvalue weighted by Gasteiger charge is -2.19. The summed E-state index contributed by atoms with van der Waals surface area (Å²) in [7, 11) is 1.58. The third-order valence-electron chi connectivity index (χ3n) is 3.61. The Labute approximate surface area is 134 Å². The van der Waals surface area contributed by atoms with E-state index in [4.69, 9.17) is 19.7 Å². The molecule has 6 heteroatoms. The van der Waals surface area contributed by atoms with Crippen LogP contribution in [0, 0.1) is 29.6 Å². The van der Waals surface area contributed by atoms with Gasteiger partial charge in [0.15, 0.2) is 5.76 Å². The number of carbonyl (C=O) groups excluding carboxylic acids is 1. The smallest absolute Gasteiger partial charge is 0.289 e. The summed E-state index contributed by atoms with van der Waals surface area (Å²) in [6.07, 6.45) is 0.425. The molecule has 6 nitrogen and oxygen atoms in total. The fraction of sp³-hybridized carbons (Fsp3) is 0.353. The Hall–Kier alpha value is -2.99. The lowest BCUT2D eigenvalue weighted by Crippen LogP contribution is -2.32. The summed E-state index contributed by atoms with van der Waals surface area (Å²) in [5, 5.41) is 18.3. The summed E-state index contributed by atoms with van der Waals surface area (Å²) in [5.41, 5.74) is 1.33. The van der Waals surface area contributed by atoms with Crippen molar-refractivity contribution in [1.29, 1.82) is 10.5 Å². The van der Waals surface area contributed by atoms with Gasteiger partial charge in [-0.1, -0.05) is 0 Å². The SMILES string of the molecule is COc1ccc2oc(C(=O)N(CCC#N)CCC#N)c(C)c2c1. The molecule has 2 rings (SSSR count). The van der Waals surface area contributed by atoms with Gasteiger partial charge in [0.1, 0.15) is 11.3 Å². The second kappa shape index (κ2) is 7.33. The number of ether oxygens (including phenoxy) is 1. The second-order valence-corrected chi connectivity index (χ2v) is 5.03. The van der Waals surface area contributed by atoms with Crippen LogP contribution in [0.2, 0.25) is 0 Å². The summed E-state index contributed by atoms with van der Waals surface area (Å²) in [4.78, 5) is 14.2. The van der Waals surface area contributed by atoms with Gasteiger partial charge in [0.05, 0.1) is 32.1 Å². The number of rotatable bonds is 6. The van der Waals surface area contributed by atoms with E-state index in [0.29, 0.717) is 11.3 Å². The Morgan fingerprint density at radius 2 is 1.91 bits per heavy atom. The molecular formula is C17H17N3O3. The molecule has 118 valence electrons. The Kier molecular flexibility index (Phi) is 5.22. The highest BCUT2D eigenvalue weighted by atomic mass is 16.5. The third-order valence-corrected chi connectivity index (χ3v) is 3.61. The normalized spacial score (nSPS) is 10.1. The molecule has 0 unspecified atom stereocenters. The quantitative estimate of drug-likeness (QED) is 0.818. The van der Waals surface area contributed by atoms with Crippen LogP contribution in [0.4, 0.5) is 0 Å². The van der Waals surface area contributed by atoms with Crippen LogP contribution in [-0.2, 0) is 0 Å². The summed E-state index contributed by atoms with van der Waals surface area (Å²) < 4.78 is 10.9. The summed E-state index contributed by atoms with van der Waals surface area (Å²) in [6, 6.07) is 9.37. The van der Waals surface area contributed by atoms with E-state index in [1.165, 1.54) is 4.90 Å². The molecule has 0 aliphatic rings. The largest absolute Gasteiger partial charge is 0.497 e. The van der Waals surface area contributed by atoms with Gasteiger partial charge in [0.25, 0.3) is 5.91 Å². The second-order valence-electron chi connectivity index (χ2n) is 5.03. The molecule has 1 amide bonds. The predicted octanol–water partition coefficient (Wildman–Crippen LogP) is 3.02. The van der Waals surface area contributed by atoms with Crippen LogP contribution in [0.25, 0.3) is 11.0 Å². The first-order valence-corrected chi connectivity index (χ1v) is 7.22. The Bertz CT molecular complexity index is 778. The van der Waals surface area contributed by atoms with Crippen molar-refractivity contribution in [2.75, 3.05) is 20.2 Å². The molecule has 0 atom stereocenters. The van der Waals surface area contributed by atoms with E-state index in [2.05, 4.69) is 0 Å². The molecule has 0 aliphatic carbocycles. The lowest BCUT2D eigenvalue weighted by molar-refractivity contribution is 0.0732. The highest BCUT2D eigenvalue weighted by Crippen LogP contribution is 2.29. The van der Waals surface area contributed by atoms with Gasteiger partial charge in [-0.05, 0) is 25.1 Å². The topological polar surface area (TPSA) is 90.3 Å². The first-order chi connectivity index (χ1) is 11.1. The molecule has 1 heterocycles. The molecule has 1 aromatic carbocycles. The number of hydrogen-bond donors (Lipinski definition) is 0. The summed E-state index contributed by atoms with van der Waals surface area (Å²) in [6.45, 7) is 2.36. The monoisotopic (exact) mass is 311 g/mol. The number of amides is 1. The van der Waals surface area contributed by atoms with Gasteiger partial charge < -0.3 is 14.1 Å². The molecule has 2 aromatic rings. The fourth-order valence-electron chi connectivity index (χ4n) is 2.36. The zero-order chi connectivity index (χ0) is 16.8. The van der Waals surface area contributed by atoms with Crippen molar-refractivity contribution in [2.24, 2.45) is 0 Å². The van der Waals surface area contributed by atoms with E-state index < -0.39 is 0 Å². The van der Waals surface area contributed by atoms with Crippen molar-refractivity contribution in [3.8, 4) is 17.9 Å². The summed E-state index contributed by atoms with van der Waals surface area (Å²) in [5.74, 6) is 0.624. The minimum Gasteiger partial charge on any atom is -0.497 e. The first-order valence-electron chi connectivity index (χ1n) is 7.22. The van der Waals surface area contributed by atoms with Crippen molar-refractivity contribution < 1.29 is 13.9 Å². The Morgan fingerprint density at radius 3 is 2.48 bits per heavy atom.